The quantitative estimate of drug-likeness (QED) is 0.874. The van der Waals surface area contributed by atoms with Gasteiger partial charge in [-0.2, -0.15) is 0 Å². The summed E-state index contributed by atoms with van der Waals surface area (Å²) >= 11 is 0. The van der Waals surface area contributed by atoms with Gasteiger partial charge in [-0.15, -0.1) is 0 Å². The predicted octanol–water partition coefficient (Wildman–Crippen LogP) is 3.19. The summed E-state index contributed by atoms with van der Waals surface area (Å²) in [6.45, 7) is 5.44. The maximum atomic E-state index is 12.6. The molecule has 1 N–H and O–H groups in total. The molecule has 1 unspecified atom stereocenters. The van der Waals surface area contributed by atoms with Crippen molar-refractivity contribution in [3.8, 4) is 5.75 Å². The number of carboxylic acid groups (broad SMARTS) is 1. The Hall–Kier alpha value is -2.04. The highest BCUT2D eigenvalue weighted by molar-refractivity contribution is 5.96. The van der Waals surface area contributed by atoms with Gasteiger partial charge >= 0.3 is 5.97 Å². The summed E-state index contributed by atoms with van der Waals surface area (Å²) in [4.78, 5) is 25.3. The van der Waals surface area contributed by atoms with Gasteiger partial charge in [-0.3, -0.25) is 4.79 Å². The lowest BCUT2D eigenvalue weighted by Crippen LogP contribution is -2.47. The number of rotatable bonds is 6. The SMILES string of the molecule is CC(C)CCOc1ccc(C(=O)N2CCCCC2C(=O)O)cc1. The first kappa shape index (κ1) is 17.3. The molecule has 1 aliphatic rings. The van der Waals surface area contributed by atoms with Crippen molar-refractivity contribution in [2.24, 2.45) is 5.92 Å². The van der Waals surface area contributed by atoms with E-state index < -0.39 is 12.0 Å². The monoisotopic (exact) mass is 319 g/mol. The van der Waals surface area contributed by atoms with Crippen LogP contribution in [0.2, 0.25) is 0 Å². The van der Waals surface area contributed by atoms with Crippen LogP contribution in [0.4, 0.5) is 0 Å². The number of piperidine rings is 1. The van der Waals surface area contributed by atoms with Gasteiger partial charge in [-0.05, 0) is 55.9 Å². The maximum Gasteiger partial charge on any atom is 0.326 e. The number of benzene rings is 1. The molecule has 0 radical (unpaired) electrons. The molecule has 0 saturated carbocycles. The number of ether oxygens (including phenoxy) is 1. The second-order valence-electron chi connectivity index (χ2n) is 6.40. The second kappa shape index (κ2) is 7.99. The van der Waals surface area contributed by atoms with Crippen molar-refractivity contribution in [1.29, 1.82) is 0 Å². The summed E-state index contributed by atoms with van der Waals surface area (Å²) in [6.07, 6.45) is 3.21. The highest BCUT2D eigenvalue weighted by Gasteiger charge is 2.32. The fourth-order valence-corrected chi connectivity index (χ4v) is 2.70. The summed E-state index contributed by atoms with van der Waals surface area (Å²) in [6, 6.07) is 6.25. The molecule has 2 rings (SSSR count). The Kier molecular flexibility index (Phi) is 6.02. The first-order valence-corrected chi connectivity index (χ1v) is 8.25. The minimum absolute atomic E-state index is 0.217. The number of carbonyl (C=O) groups excluding carboxylic acids is 1. The van der Waals surface area contributed by atoms with Gasteiger partial charge in [0, 0.05) is 12.1 Å². The maximum absolute atomic E-state index is 12.6. The van der Waals surface area contributed by atoms with Crippen molar-refractivity contribution in [1.82, 2.24) is 4.90 Å². The summed E-state index contributed by atoms with van der Waals surface area (Å²) in [5, 5.41) is 9.28. The lowest BCUT2D eigenvalue weighted by Gasteiger charge is -2.33. The summed E-state index contributed by atoms with van der Waals surface area (Å²) in [7, 11) is 0. The Morgan fingerprint density at radius 1 is 1.26 bits per heavy atom. The molecule has 1 aromatic carbocycles. The fraction of sp³-hybridized carbons (Fsp3) is 0.556. The van der Waals surface area contributed by atoms with E-state index in [1.807, 2.05) is 0 Å². The van der Waals surface area contributed by atoms with Crippen LogP contribution in [0.3, 0.4) is 0 Å². The molecule has 1 amide bonds. The Labute approximate surface area is 137 Å². The highest BCUT2D eigenvalue weighted by Crippen LogP contribution is 2.21. The standard InChI is InChI=1S/C18H25NO4/c1-13(2)10-12-23-15-8-6-14(7-9-15)17(20)19-11-4-3-5-16(19)18(21)22/h6-9,13,16H,3-5,10-12H2,1-2H3,(H,21,22). The molecular weight excluding hydrogens is 294 g/mol. The Bertz CT molecular complexity index is 538. The third-order valence-corrected chi connectivity index (χ3v) is 4.11. The zero-order chi connectivity index (χ0) is 16.8. The van der Waals surface area contributed by atoms with Crippen molar-refractivity contribution < 1.29 is 19.4 Å². The molecule has 0 aliphatic carbocycles. The van der Waals surface area contributed by atoms with E-state index in [4.69, 9.17) is 4.74 Å². The molecule has 0 bridgehead atoms. The van der Waals surface area contributed by atoms with E-state index in [2.05, 4.69) is 13.8 Å². The lowest BCUT2D eigenvalue weighted by atomic mass is 10.0. The summed E-state index contributed by atoms with van der Waals surface area (Å²) in [5.74, 6) is 0.177. The Morgan fingerprint density at radius 3 is 2.57 bits per heavy atom. The largest absolute Gasteiger partial charge is 0.494 e. The minimum Gasteiger partial charge on any atom is -0.494 e. The number of carboxylic acids is 1. The van der Waals surface area contributed by atoms with Gasteiger partial charge < -0.3 is 14.7 Å². The molecule has 5 nitrogen and oxygen atoms in total. The zero-order valence-electron chi connectivity index (χ0n) is 13.8. The van der Waals surface area contributed by atoms with Gasteiger partial charge in [0.1, 0.15) is 11.8 Å². The van der Waals surface area contributed by atoms with Gasteiger partial charge in [0.2, 0.25) is 0 Å². The van der Waals surface area contributed by atoms with Gasteiger partial charge in [-0.25, -0.2) is 4.79 Å². The molecule has 0 aromatic heterocycles. The van der Waals surface area contributed by atoms with Crippen LogP contribution in [-0.2, 0) is 4.79 Å². The number of carbonyl (C=O) groups is 2. The molecule has 126 valence electrons. The van der Waals surface area contributed by atoms with Crippen molar-refractivity contribution in [3.63, 3.8) is 0 Å². The number of amides is 1. The van der Waals surface area contributed by atoms with Gasteiger partial charge in [0.15, 0.2) is 0 Å². The highest BCUT2D eigenvalue weighted by atomic mass is 16.5. The molecule has 1 aromatic rings. The van der Waals surface area contributed by atoms with Crippen LogP contribution < -0.4 is 4.74 Å². The van der Waals surface area contributed by atoms with E-state index >= 15 is 0 Å². The van der Waals surface area contributed by atoms with Gasteiger partial charge in [-0.1, -0.05) is 13.8 Å². The number of aliphatic carboxylic acids is 1. The molecule has 23 heavy (non-hydrogen) atoms. The van der Waals surface area contributed by atoms with Crippen LogP contribution in [0.15, 0.2) is 24.3 Å². The first-order chi connectivity index (χ1) is 11.0. The van der Waals surface area contributed by atoms with E-state index in [1.54, 1.807) is 24.3 Å². The molecule has 1 fully saturated rings. The van der Waals surface area contributed by atoms with E-state index in [0.29, 0.717) is 31.1 Å². The second-order valence-corrected chi connectivity index (χ2v) is 6.40. The molecule has 1 aliphatic heterocycles. The minimum atomic E-state index is -0.924. The van der Waals surface area contributed by atoms with Crippen LogP contribution in [0.25, 0.3) is 0 Å². The van der Waals surface area contributed by atoms with Gasteiger partial charge in [0.05, 0.1) is 6.61 Å². The zero-order valence-corrected chi connectivity index (χ0v) is 13.8. The van der Waals surface area contributed by atoms with Crippen LogP contribution in [-0.4, -0.2) is 41.1 Å². The fourth-order valence-electron chi connectivity index (χ4n) is 2.70. The molecule has 1 saturated heterocycles. The number of hydrogen-bond donors (Lipinski definition) is 1. The van der Waals surface area contributed by atoms with Crippen molar-refractivity contribution in [2.45, 2.75) is 45.6 Å². The van der Waals surface area contributed by atoms with E-state index in [-0.39, 0.29) is 5.91 Å². The van der Waals surface area contributed by atoms with Crippen molar-refractivity contribution >= 4 is 11.9 Å². The Morgan fingerprint density at radius 2 is 1.96 bits per heavy atom. The average Bonchev–Trinajstić information content (AvgIpc) is 2.54. The smallest absolute Gasteiger partial charge is 0.326 e. The van der Waals surface area contributed by atoms with E-state index in [9.17, 15) is 14.7 Å². The molecule has 1 heterocycles. The normalized spacial score (nSPS) is 18.0. The molecule has 5 heteroatoms. The van der Waals surface area contributed by atoms with Crippen molar-refractivity contribution in [3.05, 3.63) is 29.8 Å². The third-order valence-electron chi connectivity index (χ3n) is 4.11. The number of likely N-dealkylation sites (tertiary alicyclic amines) is 1. The van der Waals surface area contributed by atoms with E-state index in [0.717, 1.165) is 25.0 Å². The first-order valence-electron chi connectivity index (χ1n) is 8.25. The van der Waals surface area contributed by atoms with Crippen LogP contribution in [0.1, 0.15) is 49.9 Å². The van der Waals surface area contributed by atoms with Gasteiger partial charge in [0.25, 0.3) is 5.91 Å². The topological polar surface area (TPSA) is 66.8 Å². The molecule has 1 atom stereocenters. The lowest BCUT2D eigenvalue weighted by molar-refractivity contribution is -0.143. The Balaban J connectivity index is 2.00. The average molecular weight is 319 g/mol. The van der Waals surface area contributed by atoms with E-state index in [1.165, 1.54) is 4.90 Å². The number of nitrogens with zero attached hydrogens (tertiary/aromatic N) is 1. The third kappa shape index (κ3) is 4.71. The summed E-state index contributed by atoms with van der Waals surface area (Å²) < 4.78 is 5.64. The predicted molar refractivity (Wildman–Crippen MR) is 87.7 cm³/mol. The van der Waals surface area contributed by atoms with Crippen LogP contribution in [0, 0.1) is 5.92 Å². The van der Waals surface area contributed by atoms with Crippen LogP contribution >= 0.6 is 0 Å². The summed E-state index contributed by atoms with van der Waals surface area (Å²) in [5.41, 5.74) is 0.509. The van der Waals surface area contributed by atoms with Crippen molar-refractivity contribution in [2.75, 3.05) is 13.2 Å². The molecular formula is C18H25NO4. The number of hydrogen-bond acceptors (Lipinski definition) is 3. The molecule has 0 spiro atoms. The van der Waals surface area contributed by atoms with Crippen LogP contribution in [0.5, 0.6) is 5.75 Å².